The third-order valence-electron chi connectivity index (χ3n) is 12.0. The predicted molar refractivity (Wildman–Crippen MR) is 277 cm³/mol. The lowest BCUT2D eigenvalue weighted by atomic mass is 9.95. The number of ether oxygens (including phenoxy) is 1. The van der Waals surface area contributed by atoms with E-state index < -0.39 is 0 Å². The summed E-state index contributed by atoms with van der Waals surface area (Å²) in [6.07, 6.45) is 2.67. The summed E-state index contributed by atoms with van der Waals surface area (Å²) in [4.78, 5) is 8.24. The van der Waals surface area contributed by atoms with Crippen molar-refractivity contribution in [1.82, 2.24) is 25.2 Å². The summed E-state index contributed by atoms with van der Waals surface area (Å²) in [5.41, 5.74) is 13.8. The molecular formula is C59H53N9O. The molecule has 10 nitrogen and oxygen atoms in total. The van der Waals surface area contributed by atoms with Gasteiger partial charge in [0, 0.05) is 61.7 Å². The molecule has 0 atom stereocenters. The van der Waals surface area contributed by atoms with E-state index in [-0.39, 0.29) is 5.41 Å². The van der Waals surface area contributed by atoms with Gasteiger partial charge in [-0.2, -0.15) is 35.2 Å². The highest BCUT2D eigenvalue weighted by Crippen LogP contribution is 2.43. The average Bonchev–Trinajstić information content (AvgIpc) is 3.99. The number of hydrogen-bond donors (Lipinski definition) is 0. The molecule has 0 radical (unpaired) electrons. The average molecular weight is 904 g/mol. The number of fused-ring (bicyclic) bond motifs is 2. The number of nitriles is 1. The van der Waals surface area contributed by atoms with Crippen molar-refractivity contribution in [3.05, 3.63) is 200 Å². The molecule has 340 valence electrons. The van der Waals surface area contributed by atoms with Crippen molar-refractivity contribution in [2.45, 2.75) is 53.1 Å². The van der Waals surface area contributed by atoms with Crippen LogP contribution in [0.4, 0.5) is 34.1 Å². The van der Waals surface area contributed by atoms with Crippen LogP contribution in [0.2, 0.25) is 0 Å². The van der Waals surface area contributed by atoms with Crippen molar-refractivity contribution in [3.63, 3.8) is 0 Å². The molecule has 8 aromatic carbocycles. The molecule has 0 aliphatic heterocycles. The zero-order valence-electron chi connectivity index (χ0n) is 39.2. The van der Waals surface area contributed by atoms with E-state index in [1.165, 1.54) is 0 Å². The maximum absolute atomic E-state index is 9.16. The van der Waals surface area contributed by atoms with E-state index in [0.29, 0.717) is 25.3 Å². The Labute approximate surface area is 403 Å². The molecule has 10 aromatic rings. The number of aromatic nitrogens is 6. The number of anilines is 6. The number of rotatable bonds is 16. The molecule has 0 N–H and O–H groups in total. The van der Waals surface area contributed by atoms with E-state index in [9.17, 15) is 0 Å². The smallest absolute Gasteiger partial charge is 0.167 e. The van der Waals surface area contributed by atoms with Gasteiger partial charge in [0.1, 0.15) is 16.8 Å². The molecule has 0 bridgehead atoms. The molecule has 69 heavy (non-hydrogen) atoms. The molecule has 0 saturated carbocycles. The van der Waals surface area contributed by atoms with Gasteiger partial charge in [0.05, 0.1) is 24.8 Å². The highest BCUT2D eigenvalue weighted by molar-refractivity contribution is 6.16. The Hall–Kier alpha value is -8.55. The number of para-hydroxylation sites is 4. The molecule has 0 spiro atoms. The maximum Gasteiger partial charge on any atom is 0.167 e. The first-order valence-corrected chi connectivity index (χ1v) is 23.6. The van der Waals surface area contributed by atoms with Crippen LogP contribution in [-0.2, 0) is 13.1 Å². The molecule has 10 rings (SSSR count). The highest BCUT2D eigenvalue weighted by atomic mass is 16.5. The monoisotopic (exact) mass is 903 g/mol. The SMILES string of the molecule is CC(C)(C)C[n+]1nc2c(-c3ccc(N(c4ccccc4)c4ccccc4)cc3)c3nn(CCCCCOc4ccc(C#N)cc4)nc3c(-c3ccc(N(c4ccccc4)c4ccccc4)cc3)c2[n-]1. The quantitative estimate of drug-likeness (QED) is 0.0698. The fourth-order valence-electron chi connectivity index (χ4n) is 8.84. The third kappa shape index (κ3) is 9.81. The van der Waals surface area contributed by atoms with Crippen LogP contribution in [0.3, 0.4) is 0 Å². The van der Waals surface area contributed by atoms with E-state index in [1.807, 2.05) is 46.0 Å². The first-order chi connectivity index (χ1) is 33.8. The fraction of sp³-hybridized carbons (Fsp3) is 0.169. The molecule has 0 aliphatic carbocycles. The summed E-state index contributed by atoms with van der Waals surface area (Å²) in [7, 11) is 0. The van der Waals surface area contributed by atoms with Crippen molar-refractivity contribution in [1.29, 1.82) is 5.26 Å². The third-order valence-corrected chi connectivity index (χ3v) is 12.0. The molecule has 0 saturated heterocycles. The lowest BCUT2D eigenvalue weighted by Crippen LogP contribution is -2.45. The lowest BCUT2D eigenvalue weighted by molar-refractivity contribution is -0.813. The summed E-state index contributed by atoms with van der Waals surface area (Å²) in [6, 6.07) is 68.6. The second-order valence-corrected chi connectivity index (χ2v) is 18.4. The standard InChI is InChI=1S/C59H53N9O/c1-59(2,3)42-66-63-57-53(44-29-33-50(34-30-44)67(46-19-9-4-10-20-46)47-21-11-5-12-22-47)55-56(62-65(61-55)39-17-8-18-40-69-52-37-27-43(41-60)28-38-52)54(58(57)64-66)45-31-35-51(36-32-45)68(48-23-13-6-14-24-48)49-25-15-7-16-26-49/h4-7,9-16,19-38H,8,17-18,39-40,42H2,1-3H3. The Morgan fingerprint density at radius 1 is 0.536 bits per heavy atom. The topological polar surface area (TPSA) is 101 Å². The Morgan fingerprint density at radius 2 is 0.986 bits per heavy atom. The van der Waals surface area contributed by atoms with E-state index in [2.05, 4.69) is 182 Å². The predicted octanol–water partition coefficient (Wildman–Crippen LogP) is 13.7. The molecule has 2 aromatic heterocycles. The minimum absolute atomic E-state index is 0.0727. The lowest BCUT2D eigenvalue weighted by Gasteiger charge is -2.25. The molecular weight excluding hydrogens is 851 g/mol. The Bertz CT molecular complexity index is 3060. The zero-order valence-corrected chi connectivity index (χ0v) is 39.2. The first-order valence-electron chi connectivity index (χ1n) is 23.6. The minimum atomic E-state index is -0.0727. The van der Waals surface area contributed by atoms with Gasteiger partial charge in [-0.1, -0.05) is 118 Å². The van der Waals surface area contributed by atoms with Gasteiger partial charge >= 0.3 is 0 Å². The van der Waals surface area contributed by atoms with Crippen LogP contribution in [0.1, 0.15) is 45.6 Å². The number of nitrogens with zero attached hydrogens (tertiary/aromatic N) is 9. The summed E-state index contributed by atoms with van der Waals surface area (Å²) in [6.45, 7) is 8.46. The summed E-state index contributed by atoms with van der Waals surface area (Å²) in [5, 5.41) is 30.4. The minimum Gasteiger partial charge on any atom is -0.494 e. The van der Waals surface area contributed by atoms with Crippen molar-refractivity contribution in [2.24, 2.45) is 5.41 Å². The van der Waals surface area contributed by atoms with E-state index in [0.717, 1.165) is 103 Å². The number of unbranched alkanes of at least 4 members (excludes halogenated alkanes) is 2. The van der Waals surface area contributed by atoms with Gasteiger partial charge in [-0.05, 0) is 127 Å². The first kappa shape index (κ1) is 44.3. The van der Waals surface area contributed by atoms with Gasteiger partial charge in [-0.25, -0.2) is 0 Å². The van der Waals surface area contributed by atoms with Gasteiger partial charge in [-0.15, -0.1) is 0 Å². The van der Waals surface area contributed by atoms with Gasteiger partial charge < -0.3 is 14.5 Å². The molecule has 2 heterocycles. The zero-order chi connectivity index (χ0) is 47.2. The molecule has 0 fully saturated rings. The Morgan fingerprint density at radius 3 is 1.45 bits per heavy atom. The van der Waals surface area contributed by atoms with Gasteiger partial charge in [0.25, 0.3) is 0 Å². The summed E-state index contributed by atoms with van der Waals surface area (Å²) in [5.74, 6) is 0.765. The van der Waals surface area contributed by atoms with Gasteiger partial charge in [-0.3, -0.25) is 0 Å². The normalized spacial score (nSPS) is 11.4. The largest absolute Gasteiger partial charge is 0.494 e. The molecule has 0 aliphatic rings. The van der Waals surface area contributed by atoms with Crippen LogP contribution in [0.25, 0.3) is 44.3 Å². The number of aryl methyl sites for hydroxylation is 1. The number of benzene rings is 8. The molecule has 10 heteroatoms. The molecule has 0 amide bonds. The summed E-state index contributed by atoms with van der Waals surface area (Å²) < 4.78 is 5.99. The summed E-state index contributed by atoms with van der Waals surface area (Å²) >= 11 is 0. The van der Waals surface area contributed by atoms with Crippen LogP contribution in [0, 0.1) is 16.7 Å². The second kappa shape index (κ2) is 19.7. The van der Waals surface area contributed by atoms with E-state index in [4.69, 9.17) is 30.4 Å². The molecule has 0 unspecified atom stereocenters. The number of hydrogen-bond acceptors (Lipinski definition) is 7. The fourth-order valence-corrected chi connectivity index (χ4v) is 8.84. The Balaban J connectivity index is 1.07. The van der Waals surface area contributed by atoms with Crippen LogP contribution >= 0.6 is 0 Å². The van der Waals surface area contributed by atoms with Crippen molar-refractivity contribution in [2.75, 3.05) is 16.4 Å². The van der Waals surface area contributed by atoms with Gasteiger partial charge in [0.2, 0.25) is 0 Å². The van der Waals surface area contributed by atoms with Crippen LogP contribution in [-0.4, -0.2) is 26.7 Å². The maximum atomic E-state index is 9.16. The van der Waals surface area contributed by atoms with E-state index >= 15 is 0 Å². The Kier molecular flexibility index (Phi) is 12.7. The highest BCUT2D eigenvalue weighted by Gasteiger charge is 2.25. The second-order valence-electron chi connectivity index (χ2n) is 18.4. The van der Waals surface area contributed by atoms with Crippen molar-refractivity contribution in [3.8, 4) is 34.1 Å². The van der Waals surface area contributed by atoms with Gasteiger partial charge in [0.15, 0.2) is 6.54 Å². The van der Waals surface area contributed by atoms with Crippen molar-refractivity contribution < 1.29 is 9.53 Å². The van der Waals surface area contributed by atoms with Crippen LogP contribution < -0.4 is 24.4 Å². The van der Waals surface area contributed by atoms with Crippen molar-refractivity contribution >= 4 is 56.2 Å². The van der Waals surface area contributed by atoms with Crippen LogP contribution in [0.5, 0.6) is 5.75 Å². The van der Waals surface area contributed by atoms with E-state index in [1.54, 1.807) is 12.1 Å². The van der Waals surface area contributed by atoms with Crippen LogP contribution in [0.15, 0.2) is 194 Å².